The van der Waals surface area contributed by atoms with Crippen molar-refractivity contribution in [3.05, 3.63) is 139 Å². The average Bonchev–Trinajstić information content (AvgIpc) is 3.45. The number of aryl methyl sites for hydroxylation is 2. The SMILES string of the molecule is C=CCOC(=O)C(N1C(=O)[C@H]([C@@H](C)O[Si](C)(C)C(C)(C)C)[C@H]1CC(=O)c1ccc2c(c1)cc(C)n2C)=P(c1ccccc1)(c1ccccc1)c1ccccc1. The fraction of sp³-hybridized carbons (Fsp3) is 0.304. The van der Waals surface area contributed by atoms with Crippen molar-refractivity contribution in [3.8, 4) is 0 Å². The summed E-state index contributed by atoms with van der Waals surface area (Å²) in [4.78, 5) is 46.3. The number of ether oxygens (including phenoxy) is 1. The topological polar surface area (TPSA) is 77.8 Å². The number of hydrogen-bond donors (Lipinski definition) is 0. The van der Waals surface area contributed by atoms with Gasteiger partial charge in [-0.2, -0.15) is 0 Å². The lowest BCUT2D eigenvalue weighted by Gasteiger charge is -2.53. The molecule has 5 aromatic rings. The van der Waals surface area contributed by atoms with Gasteiger partial charge in [0, 0.05) is 42.5 Å². The van der Waals surface area contributed by atoms with Crippen LogP contribution in [0.1, 0.15) is 50.2 Å². The number of esters is 1. The van der Waals surface area contributed by atoms with Crippen LogP contribution in [0.25, 0.3) is 10.9 Å². The van der Waals surface area contributed by atoms with Gasteiger partial charge in [-0.1, -0.05) is 124 Å². The van der Waals surface area contributed by atoms with E-state index in [0.717, 1.165) is 32.5 Å². The molecular formula is C46H53N2O5PSi. The lowest BCUT2D eigenvalue weighted by atomic mass is 9.79. The number of carbonyl (C=O) groups is 3. The van der Waals surface area contributed by atoms with Gasteiger partial charge in [0.2, 0.25) is 5.91 Å². The highest BCUT2D eigenvalue weighted by molar-refractivity contribution is 7.96. The number of hydrogen-bond acceptors (Lipinski definition) is 5. The van der Waals surface area contributed by atoms with Gasteiger partial charge in [-0.25, -0.2) is 4.79 Å². The lowest BCUT2D eigenvalue weighted by molar-refractivity contribution is -0.156. The maximum Gasteiger partial charge on any atom is 0.356 e. The second kappa shape index (κ2) is 15.8. The Labute approximate surface area is 327 Å². The number of benzene rings is 4. The molecule has 9 heteroatoms. The highest BCUT2D eigenvalue weighted by Crippen LogP contribution is 2.51. The molecule has 3 atom stereocenters. The molecule has 0 saturated carbocycles. The Morgan fingerprint density at radius 1 is 0.873 bits per heavy atom. The number of carbonyl (C=O) groups excluding carboxylic acids is 3. The summed E-state index contributed by atoms with van der Waals surface area (Å²) in [6.07, 6.45) is 1.02. The molecule has 4 aromatic carbocycles. The molecule has 1 aromatic heterocycles. The standard InChI is InChI=1S/C46H53N2O5PSi/c1-10-28-52-45(51)44(54(36-20-14-11-15-21-36,37-22-16-12-17-23-37)38-24-18-13-19-25-38)48-40(42(43(48)50)33(3)53-55(8,9)46(4,5)6)31-41(49)34-26-27-39-35(30-34)29-32(2)47(39)7/h10-27,29-30,33,40,42H,1,28,31H2,2-9H3/t33-,40-,42-/m1/s1. The molecule has 6 rings (SSSR count). The minimum absolute atomic E-state index is 0.00443. The predicted molar refractivity (Wildman–Crippen MR) is 230 cm³/mol. The highest BCUT2D eigenvalue weighted by atomic mass is 31.2. The van der Waals surface area contributed by atoms with Gasteiger partial charge in [0.15, 0.2) is 14.1 Å². The van der Waals surface area contributed by atoms with Gasteiger partial charge in [-0.3, -0.25) is 9.59 Å². The zero-order valence-corrected chi connectivity index (χ0v) is 35.2. The first kappa shape index (κ1) is 39.9. The van der Waals surface area contributed by atoms with Gasteiger partial charge in [0.1, 0.15) is 12.0 Å². The van der Waals surface area contributed by atoms with E-state index in [4.69, 9.17) is 9.16 Å². The van der Waals surface area contributed by atoms with Crippen LogP contribution in [0.3, 0.4) is 0 Å². The molecule has 1 aliphatic rings. The van der Waals surface area contributed by atoms with Crippen LogP contribution in [0.2, 0.25) is 18.1 Å². The summed E-state index contributed by atoms with van der Waals surface area (Å²) in [5.74, 6) is -1.66. The maximum atomic E-state index is 15.2. The van der Waals surface area contributed by atoms with Crippen molar-refractivity contribution < 1.29 is 23.5 Å². The van der Waals surface area contributed by atoms with Crippen molar-refractivity contribution in [2.24, 2.45) is 13.0 Å². The van der Waals surface area contributed by atoms with Crippen LogP contribution in [0.4, 0.5) is 0 Å². The smallest absolute Gasteiger partial charge is 0.356 e. The quantitative estimate of drug-likeness (QED) is 0.0302. The van der Waals surface area contributed by atoms with Gasteiger partial charge < -0.3 is 18.6 Å². The van der Waals surface area contributed by atoms with Gasteiger partial charge in [-0.15, -0.1) is 0 Å². The lowest BCUT2D eigenvalue weighted by Crippen LogP contribution is -2.69. The zero-order chi connectivity index (χ0) is 39.7. The Hall–Kier alpha value is -4.75. The Bertz CT molecular complexity index is 2170. The molecular weight excluding hydrogens is 720 g/mol. The number of aromatic nitrogens is 1. The summed E-state index contributed by atoms with van der Waals surface area (Å²) in [7, 11) is -0.344. The van der Waals surface area contributed by atoms with Crippen LogP contribution >= 0.6 is 6.89 Å². The summed E-state index contributed by atoms with van der Waals surface area (Å²) in [5.41, 5.74) is 2.92. The highest BCUT2D eigenvalue weighted by Gasteiger charge is 2.57. The minimum atomic E-state index is -3.16. The molecule has 0 bridgehead atoms. The second-order valence-electron chi connectivity index (χ2n) is 16.0. The average molecular weight is 773 g/mol. The minimum Gasteiger partial charge on any atom is -0.457 e. The van der Waals surface area contributed by atoms with Crippen LogP contribution in [0.5, 0.6) is 0 Å². The van der Waals surface area contributed by atoms with Crippen molar-refractivity contribution in [2.75, 3.05) is 6.61 Å². The molecule has 55 heavy (non-hydrogen) atoms. The molecule has 0 radical (unpaired) electrons. The number of rotatable bonds is 13. The van der Waals surface area contributed by atoms with Gasteiger partial charge in [-0.05, 0) is 72.2 Å². The Kier molecular flexibility index (Phi) is 11.5. The molecule has 0 N–H and O–H groups in total. The van der Waals surface area contributed by atoms with E-state index in [0.29, 0.717) is 5.56 Å². The number of Topliss-reactive ketones (excluding diaryl/α,β-unsaturated/α-hetero) is 1. The molecule has 1 fully saturated rings. The van der Waals surface area contributed by atoms with Crippen molar-refractivity contribution in [3.63, 3.8) is 0 Å². The molecule has 2 heterocycles. The van der Waals surface area contributed by atoms with Crippen LogP contribution in [-0.4, -0.2) is 59.6 Å². The van der Waals surface area contributed by atoms with Crippen molar-refractivity contribution >= 4 is 65.1 Å². The zero-order valence-electron chi connectivity index (χ0n) is 33.3. The number of likely N-dealkylation sites (tertiary alicyclic amines) is 1. The number of nitrogens with zero attached hydrogens (tertiary/aromatic N) is 2. The summed E-state index contributed by atoms with van der Waals surface area (Å²) in [6, 6.07) is 36.9. The number of amides is 1. The molecule has 1 aliphatic heterocycles. The van der Waals surface area contributed by atoms with Gasteiger partial charge in [0.25, 0.3) is 0 Å². The van der Waals surface area contributed by atoms with E-state index in [1.54, 1.807) is 4.90 Å². The number of β-lactam (4-membered cyclic amide) rings is 1. The van der Waals surface area contributed by atoms with Crippen molar-refractivity contribution in [2.45, 2.75) is 71.3 Å². The first-order valence-corrected chi connectivity index (χ1v) is 23.6. The fourth-order valence-electron chi connectivity index (χ4n) is 7.61. The van der Waals surface area contributed by atoms with Crippen LogP contribution < -0.4 is 15.9 Å². The van der Waals surface area contributed by atoms with E-state index in [1.165, 1.54) is 6.08 Å². The number of ketones is 1. The molecule has 286 valence electrons. The van der Waals surface area contributed by atoms with E-state index in [9.17, 15) is 9.59 Å². The Morgan fingerprint density at radius 2 is 1.40 bits per heavy atom. The van der Waals surface area contributed by atoms with E-state index < -0.39 is 39.2 Å². The first-order valence-electron chi connectivity index (χ1n) is 18.9. The molecule has 0 aliphatic carbocycles. The van der Waals surface area contributed by atoms with Crippen LogP contribution in [0, 0.1) is 12.8 Å². The molecule has 0 unspecified atom stereocenters. The molecule has 1 saturated heterocycles. The third-order valence-electron chi connectivity index (χ3n) is 11.6. The largest absolute Gasteiger partial charge is 0.457 e. The van der Waals surface area contributed by atoms with E-state index >= 15 is 4.79 Å². The normalized spacial score (nSPS) is 16.7. The third kappa shape index (κ3) is 7.36. The Morgan fingerprint density at radius 3 is 1.89 bits per heavy atom. The summed E-state index contributed by atoms with van der Waals surface area (Å²) in [6.45, 7) is 15.4. The van der Waals surface area contributed by atoms with Crippen LogP contribution in [0.15, 0.2) is 128 Å². The Balaban J connectivity index is 1.63. The fourth-order valence-corrected chi connectivity index (χ4v) is 13.4. The second-order valence-corrected chi connectivity index (χ2v) is 24.1. The first-order chi connectivity index (χ1) is 26.1. The van der Waals surface area contributed by atoms with E-state index in [-0.39, 0.29) is 35.2 Å². The van der Waals surface area contributed by atoms with E-state index in [1.807, 2.05) is 130 Å². The summed E-state index contributed by atoms with van der Waals surface area (Å²) >= 11 is 0. The van der Waals surface area contributed by atoms with Gasteiger partial charge >= 0.3 is 5.97 Å². The summed E-state index contributed by atoms with van der Waals surface area (Å²) < 4.78 is 15.0. The molecule has 0 spiro atoms. The molecule has 1 amide bonds. The van der Waals surface area contributed by atoms with Crippen molar-refractivity contribution in [1.29, 1.82) is 0 Å². The number of fused-ring (bicyclic) bond motifs is 1. The predicted octanol–water partition coefficient (Wildman–Crippen LogP) is 8.15. The van der Waals surface area contributed by atoms with Gasteiger partial charge in [0.05, 0.1) is 18.1 Å². The van der Waals surface area contributed by atoms with Crippen LogP contribution in [-0.2, 0) is 25.8 Å². The third-order valence-corrected chi connectivity index (χ3v) is 20.4. The monoisotopic (exact) mass is 772 g/mol. The maximum absolute atomic E-state index is 15.2. The van der Waals surface area contributed by atoms with E-state index in [2.05, 4.69) is 51.1 Å². The molecule has 7 nitrogen and oxygen atoms in total. The summed E-state index contributed by atoms with van der Waals surface area (Å²) in [5, 5.41) is 3.52. The van der Waals surface area contributed by atoms with Crippen molar-refractivity contribution in [1.82, 2.24) is 9.47 Å².